The lowest BCUT2D eigenvalue weighted by molar-refractivity contribution is -0.0175. The summed E-state index contributed by atoms with van der Waals surface area (Å²) in [5, 5.41) is 4.24. The number of morpholine rings is 1. The van der Waals surface area contributed by atoms with E-state index in [0.29, 0.717) is 12.1 Å². The fourth-order valence-electron chi connectivity index (χ4n) is 3.12. The van der Waals surface area contributed by atoms with Crippen molar-refractivity contribution in [3.63, 3.8) is 0 Å². The fourth-order valence-corrected chi connectivity index (χ4v) is 3.33. The summed E-state index contributed by atoms with van der Waals surface area (Å²) in [5.74, 6) is 0.891. The Labute approximate surface area is 173 Å². The molecule has 0 spiro atoms. The summed E-state index contributed by atoms with van der Waals surface area (Å²) in [6.07, 6.45) is 0. The highest BCUT2D eigenvalue weighted by atomic mass is 127. The van der Waals surface area contributed by atoms with E-state index in [1.165, 1.54) is 5.56 Å². The standard InChI is InChI=1S/C18H29ClN4O.HI/c1-14(23-8-9-24-13-15(23)2)11-21-18(20-3)22(4)12-16-6-5-7-17(19)10-16;/h5-7,10,14-15H,8-9,11-13H2,1-4H3,(H,20,21);1H. The summed E-state index contributed by atoms with van der Waals surface area (Å²) >= 11 is 6.06. The van der Waals surface area contributed by atoms with E-state index < -0.39 is 0 Å². The van der Waals surface area contributed by atoms with E-state index in [1.807, 2.05) is 32.3 Å². The van der Waals surface area contributed by atoms with E-state index >= 15 is 0 Å². The normalized spacial score (nSPS) is 19.9. The highest BCUT2D eigenvalue weighted by Gasteiger charge is 2.23. The summed E-state index contributed by atoms with van der Waals surface area (Å²) in [7, 11) is 3.86. The predicted octanol–water partition coefficient (Wildman–Crippen LogP) is 3.07. The smallest absolute Gasteiger partial charge is 0.193 e. The molecule has 1 aliphatic heterocycles. The molecule has 1 fully saturated rings. The summed E-state index contributed by atoms with van der Waals surface area (Å²) in [6.45, 7) is 8.71. The van der Waals surface area contributed by atoms with Crippen LogP contribution in [0.5, 0.6) is 0 Å². The van der Waals surface area contributed by atoms with Crippen LogP contribution in [0.2, 0.25) is 5.02 Å². The number of halogens is 2. The Morgan fingerprint density at radius 1 is 1.52 bits per heavy atom. The maximum atomic E-state index is 6.06. The third-order valence-electron chi connectivity index (χ3n) is 4.42. The van der Waals surface area contributed by atoms with Crippen LogP contribution < -0.4 is 5.32 Å². The van der Waals surface area contributed by atoms with E-state index in [0.717, 1.165) is 43.8 Å². The van der Waals surface area contributed by atoms with E-state index in [9.17, 15) is 0 Å². The van der Waals surface area contributed by atoms with Crippen LogP contribution in [0.25, 0.3) is 0 Å². The van der Waals surface area contributed by atoms with Gasteiger partial charge in [0, 0.05) is 50.8 Å². The summed E-state index contributed by atoms with van der Waals surface area (Å²) in [5.41, 5.74) is 1.17. The highest BCUT2D eigenvalue weighted by Crippen LogP contribution is 2.13. The first kappa shape index (κ1) is 22.5. The van der Waals surface area contributed by atoms with Crippen molar-refractivity contribution < 1.29 is 4.74 Å². The second-order valence-electron chi connectivity index (χ2n) is 6.42. The van der Waals surface area contributed by atoms with E-state index in [1.54, 1.807) is 0 Å². The van der Waals surface area contributed by atoms with Crippen molar-refractivity contribution >= 4 is 41.5 Å². The molecule has 7 heteroatoms. The maximum Gasteiger partial charge on any atom is 0.193 e. The quantitative estimate of drug-likeness (QED) is 0.399. The van der Waals surface area contributed by atoms with Crippen molar-refractivity contribution in [3.8, 4) is 0 Å². The minimum atomic E-state index is 0. The van der Waals surface area contributed by atoms with Gasteiger partial charge < -0.3 is 15.0 Å². The number of aliphatic imine (C=N–C) groups is 1. The van der Waals surface area contributed by atoms with Gasteiger partial charge in [0.1, 0.15) is 0 Å². The second-order valence-corrected chi connectivity index (χ2v) is 6.86. The van der Waals surface area contributed by atoms with Gasteiger partial charge in [0.2, 0.25) is 0 Å². The molecule has 2 atom stereocenters. The number of rotatable bonds is 5. The molecule has 25 heavy (non-hydrogen) atoms. The van der Waals surface area contributed by atoms with Crippen LogP contribution in [0.4, 0.5) is 0 Å². The Kier molecular flexibility index (Phi) is 10.1. The molecule has 0 aliphatic carbocycles. The van der Waals surface area contributed by atoms with Crippen molar-refractivity contribution in [2.75, 3.05) is 40.4 Å². The van der Waals surface area contributed by atoms with E-state index in [4.69, 9.17) is 16.3 Å². The Bertz CT molecular complexity index is 558. The van der Waals surface area contributed by atoms with Gasteiger partial charge in [0.15, 0.2) is 5.96 Å². The lowest BCUT2D eigenvalue weighted by Gasteiger charge is -2.38. The van der Waals surface area contributed by atoms with Crippen LogP contribution in [0.3, 0.4) is 0 Å². The minimum Gasteiger partial charge on any atom is -0.379 e. The number of benzene rings is 1. The van der Waals surface area contributed by atoms with Crippen LogP contribution in [-0.4, -0.2) is 68.2 Å². The molecule has 1 aromatic rings. The second kappa shape index (κ2) is 11.2. The van der Waals surface area contributed by atoms with E-state index in [2.05, 4.69) is 40.0 Å². The lowest BCUT2D eigenvalue weighted by Crippen LogP contribution is -2.53. The van der Waals surface area contributed by atoms with Gasteiger partial charge in [-0.15, -0.1) is 24.0 Å². The molecule has 1 aromatic carbocycles. The number of nitrogens with one attached hydrogen (secondary N) is 1. The average Bonchev–Trinajstić information content (AvgIpc) is 2.55. The minimum absolute atomic E-state index is 0. The molecular weight excluding hydrogens is 451 g/mol. The molecule has 2 unspecified atom stereocenters. The van der Waals surface area contributed by atoms with Crippen molar-refractivity contribution in [2.24, 2.45) is 4.99 Å². The number of hydrogen-bond acceptors (Lipinski definition) is 3. The zero-order chi connectivity index (χ0) is 17.5. The lowest BCUT2D eigenvalue weighted by atomic mass is 10.2. The van der Waals surface area contributed by atoms with Gasteiger partial charge in [-0.05, 0) is 31.5 Å². The predicted molar refractivity (Wildman–Crippen MR) is 116 cm³/mol. The Balaban J connectivity index is 0.00000312. The monoisotopic (exact) mass is 480 g/mol. The van der Waals surface area contributed by atoms with Crippen molar-refractivity contribution in [2.45, 2.75) is 32.5 Å². The van der Waals surface area contributed by atoms with Crippen LogP contribution >= 0.6 is 35.6 Å². The molecule has 0 amide bonds. The van der Waals surface area contributed by atoms with Crippen LogP contribution in [0.15, 0.2) is 29.3 Å². The molecule has 1 aliphatic rings. The molecule has 0 saturated carbocycles. The van der Waals surface area contributed by atoms with Crippen molar-refractivity contribution in [1.82, 2.24) is 15.1 Å². The largest absolute Gasteiger partial charge is 0.379 e. The fraction of sp³-hybridized carbons (Fsp3) is 0.611. The maximum absolute atomic E-state index is 6.06. The van der Waals surface area contributed by atoms with Gasteiger partial charge in [-0.2, -0.15) is 0 Å². The third kappa shape index (κ3) is 6.92. The number of nitrogens with zero attached hydrogens (tertiary/aromatic N) is 3. The first-order valence-electron chi connectivity index (χ1n) is 8.51. The number of ether oxygens (including phenoxy) is 1. The van der Waals surface area contributed by atoms with E-state index in [-0.39, 0.29) is 24.0 Å². The Morgan fingerprint density at radius 3 is 2.92 bits per heavy atom. The van der Waals surface area contributed by atoms with Gasteiger partial charge >= 0.3 is 0 Å². The first-order valence-corrected chi connectivity index (χ1v) is 8.88. The van der Waals surface area contributed by atoms with Gasteiger partial charge in [-0.25, -0.2) is 0 Å². The van der Waals surface area contributed by atoms with Gasteiger partial charge in [-0.1, -0.05) is 23.7 Å². The summed E-state index contributed by atoms with van der Waals surface area (Å²) in [6, 6.07) is 8.83. The highest BCUT2D eigenvalue weighted by molar-refractivity contribution is 14.0. The van der Waals surface area contributed by atoms with Gasteiger partial charge in [0.05, 0.1) is 13.2 Å². The molecule has 0 radical (unpaired) electrons. The molecule has 1 saturated heterocycles. The molecule has 2 rings (SSSR count). The Hall–Kier alpha value is -0.570. The molecular formula is C18H30ClIN4O. The zero-order valence-electron chi connectivity index (χ0n) is 15.5. The molecule has 1 N–H and O–H groups in total. The average molecular weight is 481 g/mol. The van der Waals surface area contributed by atoms with Gasteiger partial charge in [-0.3, -0.25) is 9.89 Å². The molecule has 0 aromatic heterocycles. The Morgan fingerprint density at radius 2 is 2.28 bits per heavy atom. The molecule has 5 nitrogen and oxygen atoms in total. The molecule has 0 bridgehead atoms. The third-order valence-corrected chi connectivity index (χ3v) is 4.66. The van der Waals surface area contributed by atoms with Crippen LogP contribution in [-0.2, 0) is 11.3 Å². The molecule has 1 heterocycles. The number of hydrogen-bond donors (Lipinski definition) is 1. The van der Waals surface area contributed by atoms with Crippen LogP contribution in [0.1, 0.15) is 19.4 Å². The van der Waals surface area contributed by atoms with Gasteiger partial charge in [0.25, 0.3) is 0 Å². The SMILES string of the molecule is CN=C(NCC(C)N1CCOCC1C)N(C)Cc1cccc(Cl)c1.I. The zero-order valence-corrected chi connectivity index (χ0v) is 18.6. The summed E-state index contributed by atoms with van der Waals surface area (Å²) in [4.78, 5) is 9.00. The van der Waals surface area contributed by atoms with Crippen molar-refractivity contribution in [3.05, 3.63) is 34.9 Å². The summed E-state index contributed by atoms with van der Waals surface area (Å²) < 4.78 is 5.52. The number of guanidine groups is 1. The van der Waals surface area contributed by atoms with Crippen molar-refractivity contribution in [1.29, 1.82) is 0 Å². The first-order chi connectivity index (χ1) is 11.5. The van der Waals surface area contributed by atoms with Crippen LogP contribution in [0, 0.1) is 0 Å². The topological polar surface area (TPSA) is 40.1 Å². The molecule has 142 valence electrons.